The Bertz CT molecular complexity index is 1300. The average molecular weight is 437 g/mol. The third kappa shape index (κ3) is 4.25. The number of aromatic carboxylic acids is 1. The van der Waals surface area contributed by atoms with Gasteiger partial charge in [0.2, 0.25) is 0 Å². The predicted octanol–water partition coefficient (Wildman–Crippen LogP) is 6.11. The van der Waals surface area contributed by atoms with E-state index >= 15 is 0 Å². The van der Waals surface area contributed by atoms with Crippen LogP contribution in [0.4, 0.5) is 18.9 Å². The molecule has 8 heteroatoms. The van der Waals surface area contributed by atoms with Crippen molar-refractivity contribution < 1.29 is 23.1 Å². The van der Waals surface area contributed by atoms with Gasteiger partial charge < -0.3 is 10.4 Å². The summed E-state index contributed by atoms with van der Waals surface area (Å²) in [6, 6.07) is 15.5. The Labute approximate surface area is 181 Å². The van der Waals surface area contributed by atoms with Gasteiger partial charge >= 0.3 is 12.1 Å². The zero-order valence-electron chi connectivity index (χ0n) is 16.9. The van der Waals surface area contributed by atoms with Crippen molar-refractivity contribution in [3.05, 3.63) is 78.0 Å². The van der Waals surface area contributed by atoms with Gasteiger partial charge in [-0.2, -0.15) is 13.2 Å². The molecule has 5 nitrogen and oxygen atoms in total. The summed E-state index contributed by atoms with van der Waals surface area (Å²) >= 11 is 0. The molecule has 162 valence electrons. The lowest BCUT2D eigenvalue weighted by atomic mass is 10.0. The maximum absolute atomic E-state index is 13.1. The van der Waals surface area contributed by atoms with Crippen molar-refractivity contribution >= 4 is 22.6 Å². The van der Waals surface area contributed by atoms with Gasteiger partial charge in [0.25, 0.3) is 0 Å². The standard InChI is InChI=1S/C24H18F3N3O2/c1-2-28-17-5-3-4-14(10-17)15-6-8-21(29-13-15)22-12-19(23(31)32)18-11-16(24(25,26)27)7-9-20(18)30-22/h3-13,28H,2H2,1H3,(H,31,32). The number of carbonyl (C=O) groups is 1. The molecule has 0 unspecified atom stereocenters. The molecule has 2 N–H and O–H groups in total. The predicted molar refractivity (Wildman–Crippen MR) is 117 cm³/mol. The highest BCUT2D eigenvalue weighted by molar-refractivity contribution is 6.03. The maximum atomic E-state index is 13.1. The summed E-state index contributed by atoms with van der Waals surface area (Å²) in [7, 11) is 0. The zero-order valence-corrected chi connectivity index (χ0v) is 16.9. The fraction of sp³-hybridized carbons (Fsp3) is 0.125. The van der Waals surface area contributed by atoms with E-state index < -0.39 is 17.7 Å². The summed E-state index contributed by atoms with van der Waals surface area (Å²) < 4.78 is 39.2. The van der Waals surface area contributed by atoms with Crippen molar-refractivity contribution in [3.8, 4) is 22.5 Å². The molecule has 0 aliphatic carbocycles. The molecule has 2 aromatic heterocycles. The number of anilines is 1. The van der Waals surface area contributed by atoms with Crippen LogP contribution in [-0.4, -0.2) is 27.6 Å². The zero-order chi connectivity index (χ0) is 22.9. The van der Waals surface area contributed by atoms with Crippen LogP contribution in [0.2, 0.25) is 0 Å². The quantitative estimate of drug-likeness (QED) is 0.394. The minimum atomic E-state index is -4.58. The summed E-state index contributed by atoms with van der Waals surface area (Å²) in [6.45, 7) is 2.81. The molecule has 0 amide bonds. The number of pyridine rings is 2. The minimum Gasteiger partial charge on any atom is -0.478 e. The van der Waals surface area contributed by atoms with Crippen LogP contribution in [0, 0.1) is 0 Å². The fourth-order valence-electron chi connectivity index (χ4n) is 3.44. The summed E-state index contributed by atoms with van der Waals surface area (Å²) in [4.78, 5) is 20.5. The molecule has 0 saturated heterocycles. The third-order valence-electron chi connectivity index (χ3n) is 4.97. The van der Waals surface area contributed by atoms with Gasteiger partial charge in [-0.25, -0.2) is 9.78 Å². The van der Waals surface area contributed by atoms with Crippen molar-refractivity contribution in [1.29, 1.82) is 0 Å². The van der Waals surface area contributed by atoms with E-state index in [1.54, 1.807) is 12.3 Å². The molecule has 4 rings (SSSR count). The number of nitrogens with one attached hydrogen (secondary N) is 1. The highest BCUT2D eigenvalue weighted by Gasteiger charge is 2.31. The molecule has 0 spiro atoms. The van der Waals surface area contributed by atoms with Gasteiger partial charge in [0.1, 0.15) is 0 Å². The smallest absolute Gasteiger partial charge is 0.416 e. The molecule has 0 aliphatic heterocycles. The maximum Gasteiger partial charge on any atom is 0.416 e. The summed E-state index contributed by atoms with van der Waals surface area (Å²) in [6.07, 6.45) is -2.93. The Balaban J connectivity index is 1.75. The Morgan fingerprint density at radius 2 is 1.81 bits per heavy atom. The monoisotopic (exact) mass is 437 g/mol. The number of aromatic nitrogens is 2. The third-order valence-corrected chi connectivity index (χ3v) is 4.97. The van der Waals surface area contributed by atoms with E-state index in [1.807, 2.05) is 37.3 Å². The van der Waals surface area contributed by atoms with Crippen LogP contribution in [0.25, 0.3) is 33.4 Å². The Kier molecular flexibility index (Phi) is 5.52. The Morgan fingerprint density at radius 1 is 1.00 bits per heavy atom. The highest BCUT2D eigenvalue weighted by atomic mass is 19.4. The second-order valence-electron chi connectivity index (χ2n) is 7.13. The Hall–Kier alpha value is -3.94. The summed E-state index contributed by atoms with van der Waals surface area (Å²) in [5.41, 5.74) is 2.45. The minimum absolute atomic E-state index is 0.0760. The van der Waals surface area contributed by atoms with Crippen molar-refractivity contribution in [1.82, 2.24) is 9.97 Å². The van der Waals surface area contributed by atoms with Crippen LogP contribution in [0.15, 0.2) is 66.9 Å². The number of alkyl halides is 3. The lowest BCUT2D eigenvalue weighted by Crippen LogP contribution is -2.06. The van der Waals surface area contributed by atoms with E-state index in [0.717, 1.165) is 35.5 Å². The molecule has 0 bridgehead atoms. The van der Waals surface area contributed by atoms with Crippen LogP contribution in [-0.2, 0) is 6.18 Å². The van der Waals surface area contributed by atoms with E-state index in [0.29, 0.717) is 5.69 Å². The SMILES string of the molecule is CCNc1cccc(-c2ccc(-c3cc(C(=O)O)c4cc(C(F)(F)F)ccc4n3)nc2)c1. The molecule has 32 heavy (non-hydrogen) atoms. The molecule has 0 aliphatic rings. The summed E-state index contributed by atoms with van der Waals surface area (Å²) in [5.74, 6) is -1.34. The van der Waals surface area contributed by atoms with Gasteiger partial charge in [-0.05, 0) is 55.0 Å². The summed E-state index contributed by atoms with van der Waals surface area (Å²) in [5, 5.41) is 12.7. The largest absolute Gasteiger partial charge is 0.478 e. The number of halogens is 3. The van der Waals surface area contributed by atoms with Crippen molar-refractivity contribution in [3.63, 3.8) is 0 Å². The number of rotatable bonds is 5. The number of carboxylic acid groups (broad SMARTS) is 1. The molecule has 4 aromatic rings. The first-order valence-electron chi connectivity index (χ1n) is 9.82. The van der Waals surface area contributed by atoms with Crippen molar-refractivity contribution in [2.24, 2.45) is 0 Å². The Morgan fingerprint density at radius 3 is 2.47 bits per heavy atom. The molecule has 0 saturated carbocycles. The van der Waals surface area contributed by atoms with Crippen molar-refractivity contribution in [2.45, 2.75) is 13.1 Å². The average Bonchev–Trinajstić information content (AvgIpc) is 2.78. The molecule has 0 atom stereocenters. The van der Waals surface area contributed by atoms with Crippen LogP contribution >= 0.6 is 0 Å². The number of nitrogens with zero attached hydrogens (tertiary/aromatic N) is 2. The first-order valence-corrected chi connectivity index (χ1v) is 9.82. The molecular weight excluding hydrogens is 419 g/mol. The first kappa shape index (κ1) is 21.3. The fourth-order valence-corrected chi connectivity index (χ4v) is 3.44. The second kappa shape index (κ2) is 8.30. The number of fused-ring (bicyclic) bond motifs is 1. The van der Waals surface area contributed by atoms with Gasteiger partial charge in [-0.15, -0.1) is 0 Å². The molecule has 2 aromatic carbocycles. The molecular formula is C24H18F3N3O2. The molecule has 2 heterocycles. The number of hydrogen-bond donors (Lipinski definition) is 2. The normalized spacial score (nSPS) is 11.5. The topological polar surface area (TPSA) is 75.1 Å². The van der Waals surface area contributed by atoms with E-state index in [-0.39, 0.29) is 22.2 Å². The van der Waals surface area contributed by atoms with Gasteiger partial charge in [0.05, 0.1) is 28.0 Å². The van der Waals surface area contributed by atoms with E-state index in [1.165, 1.54) is 12.1 Å². The van der Waals surface area contributed by atoms with Gasteiger partial charge in [-0.3, -0.25) is 4.98 Å². The van der Waals surface area contributed by atoms with E-state index in [2.05, 4.69) is 15.3 Å². The first-order chi connectivity index (χ1) is 15.3. The van der Waals surface area contributed by atoms with Crippen LogP contribution in [0.1, 0.15) is 22.8 Å². The van der Waals surface area contributed by atoms with Gasteiger partial charge in [-0.1, -0.05) is 18.2 Å². The molecule has 0 radical (unpaired) electrons. The van der Waals surface area contributed by atoms with E-state index in [9.17, 15) is 23.1 Å². The second-order valence-corrected chi connectivity index (χ2v) is 7.13. The number of carboxylic acids is 1. The highest BCUT2D eigenvalue weighted by Crippen LogP contribution is 2.33. The van der Waals surface area contributed by atoms with Crippen LogP contribution in [0.3, 0.4) is 0 Å². The number of benzene rings is 2. The van der Waals surface area contributed by atoms with Gasteiger partial charge in [0.15, 0.2) is 0 Å². The van der Waals surface area contributed by atoms with Crippen molar-refractivity contribution in [2.75, 3.05) is 11.9 Å². The lowest BCUT2D eigenvalue weighted by Gasteiger charge is -2.11. The van der Waals surface area contributed by atoms with E-state index in [4.69, 9.17) is 0 Å². The van der Waals surface area contributed by atoms with Crippen LogP contribution < -0.4 is 5.32 Å². The number of hydrogen-bond acceptors (Lipinski definition) is 4. The van der Waals surface area contributed by atoms with Gasteiger partial charge in [0, 0.05) is 29.4 Å². The lowest BCUT2D eigenvalue weighted by molar-refractivity contribution is -0.137. The van der Waals surface area contributed by atoms with Crippen LogP contribution in [0.5, 0.6) is 0 Å². The molecule has 0 fully saturated rings.